The topological polar surface area (TPSA) is 105 Å². The zero-order valence-electron chi connectivity index (χ0n) is 11.7. The SMILES string of the molecule is CC(C)Oc1cc([N+](=O)[O-])c([N+](=O)[O-])cc1OC(C)C. The van der Waals surface area contributed by atoms with Crippen LogP contribution in [-0.4, -0.2) is 22.1 Å². The van der Waals surface area contributed by atoms with E-state index >= 15 is 0 Å². The zero-order valence-corrected chi connectivity index (χ0v) is 11.7. The zero-order chi connectivity index (χ0) is 15.4. The van der Waals surface area contributed by atoms with Crippen molar-refractivity contribution in [2.75, 3.05) is 0 Å². The molecule has 0 saturated heterocycles. The fourth-order valence-electron chi connectivity index (χ4n) is 1.52. The summed E-state index contributed by atoms with van der Waals surface area (Å²) in [6, 6.07) is 2.05. The number of hydrogen-bond donors (Lipinski definition) is 0. The number of nitro benzene ring substituents is 2. The average Bonchev–Trinajstić information content (AvgIpc) is 2.28. The number of rotatable bonds is 6. The van der Waals surface area contributed by atoms with Crippen LogP contribution >= 0.6 is 0 Å². The molecule has 8 nitrogen and oxygen atoms in total. The third kappa shape index (κ3) is 3.81. The smallest absolute Gasteiger partial charge is 0.350 e. The monoisotopic (exact) mass is 284 g/mol. The van der Waals surface area contributed by atoms with E-state index in [-0.39, 0.29) is 23.7 Å². The first kappa shape index (κ1) is 15.7. The summed E-state index contributed by atoms with van der Waals surface area (Å²) < 4.78 is 10.8. The molecule has 0 heterocycles. The van der Waals surface area contributed by atoms with Gasteiger partial charge in [-0.3, -0.25) is 20.2 Å². The van der Waals surface area contributed by atoms with E-state index in [9.17, 15) is 20.2 Å². The molecule has 1 aromatic carbocycles. The van der Waals surface area contributed by atoms with Gasteiger partial charge in [0, 0.05) is 0 Å². The number of hydrogen-bond acceptors (Lipinski definition) is 6. The Kier molecular flexibility index (Phi) is 4.84. The minimum absolute atomic E-state index is 0.117. The van der Waals surface area contributed by atoms with Gasteiger partial charge in [0.2, 0.25) is 0 Å². The van der Waals surface area contributed by atoms with Crippen molar-refractivity contribution in [2.24, 2.45) is 0 Å². The predicted molar refractivity (Wildman–Crippen MR) is 71.3 cm³/mol. The van der Waals surface area contributed by atoms with Gasteiger partial charge in [-0.2, -0.15) is 0 Å². The Morgan fingerprint density at radius 2 is 1.15 bits per heavy atom. The molecule has 0 aliphatic carbocycles. The minimum Gasteiger partial charge on any atom is -0.487 e. The summed E-state index contributed by atoms with van der Waals surface area (Å²) in [5, 5.41) is 21.8. The Morgan fingerprint density at radius 1 is 0.850 bits per heavy atom. The third-order valence-electron chi connectivity index (χ3n) is 2.16. The van der Waals surface area contributed by atoms with E-state index in [1.807, 2.05) is 0 Å². The number of benzene rings is 1. The van der Waals surface area contributed by atoms with Crippen LogP contribution in [0.3, 0.4) is 0 Å². The second-order valence-corrected chi connectivity index (χ2v) is 4.64. The van der Waals surface area contributed by atoms with E-state index in [4.69, 9.17) is 9.47 Å². The maximum atomic E-state index is 10.9. The van der Waals surface area contributed by atoms with Crippen molar-refractivity contribution >= 4 is 11.4 Å². The molecule has 1 aromatic rings. The van der Waals surface area contributed by atoms with Crippen molar-refractivity contribution in [3.05, 3.63) is 32.4 Å². The Morgan fingerprint density at radius 3 is 1.35 bits per heavy atom. The van der Waals surface area contributed by atoms with Crippen LogP contribution < -0.4 is 9.47 Å². The largest absolute Gasteiger partial charge is 0.487 e. The summed E-state index contributed by atoms with van der Waals surface area (Å²) in [4.78, 5) is 20.2. The molecular formula is C12H16N2O6. The molecule has 0 fully saturated rings. The molecule has 20 heavy (non-hydrogen) atoms. The molecule has 1 rings (SSSR count). The first-order chi connectivity index (χ1) is 9.22. The van der Waals surface area contributed by atoms with E-state index < -0.39 is 21.2 Å². The molecule has 0 bridgehead atoms. The molecule has 0 aliphatic heterocycles. The lowest BCUT2D eigenvalue weighted by Gasteiger charge is -2.16. The molecule has 0 aromatic heterocycles. The summed E-state index contributed by atoms with van der Waals surface area (Å²) in [6.45, 7) is 6.97. The lowest BCUT2D eigenvalue weighted by atomic mass is 10.2. The molecule has 8 heteroatoms. The molecular weight excluding hydrogens is 268 g/mol. The van der Waals surface area contributed by atoms with Gasteiger partial charge in [-0.05, 0) is 27.7 Å². The van der Waals surface area contributed by atoms with Gasteiger partial charge in [-0.1, -0.05) is 0 Å². The van der Waals surface area contributed by atoms with Crippen molar-refractivity contribution in [3.8, 4) is 11.5 Å². The van der Waals surface area contributed by atoms with Crippen LogP contribution in [-0.2, 0) is 0 Å². The van der Waals surface area contributed by atoms with Gasteiger partial charge in [0.05, 0.1) is 34.2 Å². The molecule has 0 spiro atoms. The highest BCUT2D eigenvalue weighted by Crippen LogP contribution is 2.39. The van der Waals surface area contributed by atoms with Crippen molar-refractivity contribution in [3.63, 3.8) is 0 Å². The standard InChI is InChI=1S/C12H16N2O6/c1-7(2)19-11-5-9(13(15)16)10(14(17)18)6-12(11)20-8(3)4/h5-8H,1-4H3. The highest BCUT2D eigenvalue weighted by Gasteiger charge is 2.29. The Balaban J connectivity index is 3.42. The van der Waals surface area contributed by atoms with Gasteiger partial charge in [0.15, 0.2) is 11.5 Å². The van der Waals surface area contributed by atoms with Crippen molar-refractivity contribution in [1.82, 2.24) is 0 Å². The second-order valence-electron chi connectivity index (χ2n) is 4.64. The lowest BCUT2D eigenvalue weighted by molar-refractivity contribution is -0.422. The molecule has 0 atom stereocenters. The van der Waals surface area contributed by atoms with Crippen molar-refractivity contribution in [1.29, 1.82) is 0 Å². The van der Waals surface area contributed by atoms with E-state index in [2.05, 4.69) is 0 Å². The molecule has 0 N–H and O–H groups in total. The number of nitrogens with zero attached hydrogens (tertiary/aromatic N) is 2. The molecule has 0 unspecified atom stereocenters. The lowest BCUT2D eigenvalue weighted by Crippen LogP contribution is -2.11. The van der Waals surface area contributed by atoms with Gasteiger partial charge in [0.1, 0.15) is 0 Å². The van der Waals surface area contributed by atoms with Crippen LogP contribution in [0.25, 0.3) is 0 Å². The second kappa shape index (κ2) is 6.18. The summed E-state index contributed by atoms with van der Waals surface area (Å²) in [5.74, 6) is 0.233. The molecule has 0 radical (unpaired) electrons. The highest BCUT2D eigenvalue weighted by molar-refractivity contribution is 5.62. The van der Waals surface area contributed by atoms with Gasteiger partial charge in [0.25, 0.3) is 0 Å². The Labute approximate surface area is 115 Å². The van der Waals surface area contributed by atoms with Gasteiger partial charge >= 0.3 is 11.4 Å². The fourth-order valence-corrected chi connectivity index (χ4v) is 1.52. The van der Waals surface area contributed by atoms with Crippen LogP contribution in [0.15, 0.2) is 12.1 Å². The van der Waals surface area contributed by atoms with E-state index in [1.165, 1.54) is 0 Å². The van der Waals surface area contributed by atoms with Crippen LogP contribution in [0.2, 0.25) is 0 Å². The number of ether oxygens (including phenoxy) is 2. The molecule has 0 aliphatic rings. The fraction of sp³-hybridized carbons (Fsp3) is 0.500. The first-order valence-corrected chi connectivity index (χ1v) is 6.02. The summed E-state index contributed by atoms with van der Waals surface area (Å²) >= 11 is 0. The van der Waals surface area contributed by atoms with Crippen LogP contribution in [0.4, 0.5) is 11.4 Å². The van der Waals surface area contributed by atoms with E-state index in [0.29, 0.717) is 0 Å². The molecule has 0 amide bonds. The first-order valence-electron chi connectivity index (χ1n) is 6.02. The predicted octanol–water partition coefficient (Wildman–Crippen LogP) is 3.08. The van der Waals surface area contributed by atoms with Crippen LogP contribution in [0, 0.1) is 20.2 Å². The van der Waals surface area contributed by atoms with Crippen molar-refractivity contribution < 1.29 is 19.3 Å². The Bertz CT molecular complexity index is 480. The quantitative estimate of drug-likeness (QED) is 0.587. The maximum absolute atomic E-state index is 10.9. The maximum Gasteiger partial charge on any atom is 0.350 e. The Hall–Kier alpha value is -2.38. The molecule has 0 saturated carbocycles. The van der Waals surface area contributed by atoms with Gasteiger partial charge in [-0.15, -0.1) is 0 Å². The van der Waals surface area contributed by atoms with Gasteiger partial charge < -0.3 is 9.47 Å². The summed E-state index contributed by atoms with van der Waals surface area (Å²) in [6.07, 6.45) is -0.490. The van der Waals surface area contributed by atoms with Crippen molar-refractivity contribution in [2.45, 2.75) is 39.9 Å². The van der Waals surface area contributed by atoms with Gasteiger partial charge in [-0.25, -0.2) is 0 Å². The number of nitro groups is 2. The third-order valence-corrected chi connectivity index (χ3v) is 2.16. The summed E-state index contributed by atoms with van der Waals surface area (Å²) in [5.41, 5.74) is -1.25. The van der Waals surface area contributed by atoms with Crippen LogP contribution in [0.5, 0.6) is 11.5 Å². The molecule has 110 valence electrons. The van der Waals surface area contributed by atoms with E-state index in [1.54, 1.807) is 27.7 Å². The van der Waals surface area contributed by atoms with E-state index in [0.717, 1.165) is 12.1 Å². The normalized spacial score (nSPS) is 10.7. The summed E-state index contributed by atoms with van der Waals surface area (Å²) in [7, 11) is 0. The van der Waals surface area contributed by atoms with Crippen LogP contribution in [0.1, 0.15) is 27.7 Å². The average molecular weight is 284 g/mol. The highest BCUT2D eigenvalue weighted by atomic mass is 16.6. The minimum atomic E-state index is -0.815.